The maximum Gasteiger partial charge on any atom is 0.0691 e. The number of benzene rings is 1. The highest BCUT2D eigenvalue weighted by molar-refractivity contribution is 9.10. The molecular formula is C13H16BrN3O. The smallest absolute Gasteiger partial charge is 0.0691 e. The number of ether oxygens (including phenoxy) is 1. The lowest BCUT2D eigenvalue weighted by Crippen LogP contribution is -2.19. The Bertz CT molecular complexity index is 485. The van der Waals surface area contributed by atoms with Crippen LogP contribution >= 0.6 is 15.9 Å². The van der Waals surface area contributed by atoms with E-state index in [0.717, 1.165) is 23.2 Å². The number of rotatable bonds is 6. The van der Waals surface area contributed by atoms with Crippen LogP contribution in [0.5, 0.6) is 0 Å². The minimum atomic E-state index is 0.713. The van der Waals surface area contributed by atoms with E-state index < -0.39 is 0 Å². The molecule has 5 heteroatoms. The molecule has 18 heavy (non-hydrogen) atoms. The quantitative estimate of drug-likeness (QED) is 0.833. The molecule has 2 aromatic rings. The first-order valence-electron chi connectivity index (χ1n) is 5.79. The normalized spacial score (nSPS) is 10.8. The minimum Gasteiger partial charge on any atom is -0.383 e. The number of aromatic nitrogens is 2. The highest BCUT2D eigenvalue weighted by Crippen LogP contribution is 2.19. The Hall–Kier alpha value is -1.17. The van der Waals surface area contributed by atoms with E-state index in [2.05, 4.69) is 38.5 Å². The van der Waals surface area contributed by atoms with E-state index in [9.17, 15) is 0 Å². The van der Waals surface area contributed by atoms with Gasteiger partial charge in [-0.05, 0) is 29.8 Å². The lowest BCUT2D eigenvalue weighted by Gasteiger charge is -2.11. The fourth-order valence-corrected chi connectivity index (χ4v) is 2.14. The molecule has 1 aromatic heterocycles. The van der Waals surface area contributed by atoms with E-state index in [0.29, 0.717) is 6.61 Å². The number of hydrogen-bond acceptors (Lipinski definition) is 3. The van der Waals surface area contributed by atoms with Gasteiger partial charge in [-0.2, -0.15) is 5.10 Å². The van der Waals surface area contributed by atoms with Crippen LogP contribution in [-0.4, -0.2) is 30.0 Å². The van der Waals surface area contributed by atoms with Gasteiger partial charge in [0.25, 0.3) is 0 Å². The summed E-state index contributed by atoms with van der Waals surface area (Å²) in [5.41, 5.74) is 2.29. The van der Waals surface area contributed by atoms with Crippen molar-refractivity contribution in [3.8, 4) is 5.69 Å². The summed E-state index contributed by atoms with van der Waals surface area (Å²) < 4.78 is 7.96. The third-order valence-corrected chi connectivity index (χ3v) is 3.08. The average molecular weight is 310 g/mol. The fraction of sp³-hybridized carbons (Fsp3) is 0.308. The van der Waals surface area contributed by atoms with Gasteiger partial charge in [0.15, 0.2) is 0 Å². The van der Waals surface area contributed by atoms with Crippen LogP contribution in [0.1, 0.15) is 5.56 Å². The van der Waals surface area contributed by atoms with Crippen molar-refractivity contribution in [2.24, 2.45) is 0 Å². The molecule has 0 atom stereocenters. The largest absolute Gasteiger partial charge is 0.383 e. The summed E-state index contributed by atoms with van der Waals surface area (Å²) >= 11 is 3.50. The Kier molecular flexibility index (Phi) is 4.92. The second kappa shape index (κ2) is 6.68. The van der Waals surface area contributed by atoms with Gasteiger partial charge in [0, 0.05) is 37.1 Å². The summed E-state index contributed by atoms with van der Waals surface area (Å²) in [5.74, 6) is 0. The van der Waals surface area contributed by atoms with Crippen molar-refractivity contribution in [2.75, 3.05) is 20.3 Å². The summed E-state index contributed by atoms with van der Waals surface area (Å²) in [4.78, 5) is 0. The summed E-state index contributed by atoms with van der Waals surface area (Å²) in [6.07, 6.45) is 3.73. The van der Waals surface area contributed by atoms with E-state index >= 15 is 0 Å². The highest BCUT2D eigenvalue weighted by atomic mass is 79.9. The maximum atomic E-state index is 5.02. The fourth-order valence-electron chi connectivity index (χ4n) is 1.73. The first kappa shape index (κ1) is 13.3. The Balaban J connectivity index is 2.14. The van der Waals surface area contributed by atoms with Crippen LogP contribution in [0.15, 0.2) is 41.1 Å². The first-order valence-corrected chi connectivity index (χ1v) is 6.58. The lowest BCUT2D eigenvalue weighted by atomic mass is 10.2. The molecule has 0 saturated heterocycles. The summed E-state index contributed by atoms with van der Waals surface area (Å²) in [6.45, 7) is 2.34. The van der Waals surface area contributed by atoms with Crippen LogP contribution < -0.4 is 5.32 Å². The van der Waals surface area contributed by atoms with Gasteiger partial charge in [-0.3, -0.25) is 0 Å². The van der Waals surface area contributed by atoms with Gasteiger partial charge >= 0.3 is 0 Å². The summed E-state index contributed by atoms with van der Waals surface area (Å²) in [7, 11) is 1.70. The molecule has 0 aliphatic heterocycles. The molecule has 2 rings (SSSR count). The molecule has 1 N–H and O–H groups in total. The zero-order valence-corrected chi connectivity index (χ0v) is 11.9. The van der Waals surface area contributed by atoms with Gasteiger partial charge in [-0.15, -0.1) is 0 Å². The molecule has 0 aliphatic rings. The molecule has 0 fully saturated rings. The Morgan fingerprint density at radius 3 is 3.06 bits per heavy atom. The molecule has 0 spiro atoms. The third-order valence-electron chi connectivity index (χ3n) is 2.59. The number of nitrogens with zero attached hydrogens (tertiary/aromatic N) is 2. The molecule has 0 bridgehead atoms. The second-order valence-corrected chi connectivity index (χ2v) is 4.81. The summed E-state index contributed by atoms with van der Waals surface area (Å²) in [6, 6.07) is 8.11. The van der Waals surface area contributed by atoms with E-state index in [1.807, 2.05) is 23.0 Å². The molecule has 0 unspecified atom stereocenters. The Morgan fingerprint density at radius 1 is 1.44 bits per heavy atom. The van der Waals surface area contributed by atoms with Crippen molar-refractivity contribution < 1.29 is 4.74 Å². The number of hydrogen-bond donors (Lipinski definition) is 1. The zero-order chi connectivity index (χ0) is 12.8. The molecule has 0 radical (unpaired) electrons. The predicted molar refractivity (Wildman–Crippen MR) is 74.8 cm³/mol. The highest BCUT2D eigenvalue weighted by Gasteiger charge is 2.05. The van der Waals surface area contributed by atoms with Crippen LogP contribution in [-0.2, 0) is 11.3 Å². The van der Waals surface area contributed by atoms with Crippen molar-refractivity contribution in [1.82, 2.24) is 15.1 Å². The van der Waals surface area contributed by atoms with E-state index in [-0.39, 0.29) is 0 Å². The molecule has 0 amide bonds. The maximum absolute atomic E-state index is 5.02. The molecule has 0 saturated carbocycles. The zero-order valence-electron chi connectivity index (χ0n) is 10.3. The van der Waals surface area contributed by atoms with Gasteiger partial charge in [0.2, 0.25) is 0 Å². The van der Waals surface area contributed by atoms with Crippen LogP contribution in [0, 0.1) is 0 Å². The monoisotopic (exact) mass is 309 g/mol. The Labute approximate surface area is 115 Å². The first-order chi connectivity index (χ1) is 8.81. The van der Waals surface area contributed by atoms with Crippen molar-refractivity contribution in [1.29, 1.82) is 0 Å². The number of halogens is 1. The molecule has 0 aliphatic carbocycles. The second-order valence-electron chi connectivity index (χ2n) is 3.89. The average Bonchev–Trinajstić information content (AvgIpc) is 2.88. The van der Waals surface area contributed by atoms with Crippen molar-refractivity contribution in [3.05, 3.63) is 46.7 Å². The molecule has 96 valence electrons. The SMILES string of the molecule is COCCNCc1cc(Br)ccc1-n1cccn1. The Morgan fingerprint density at radius 2 is 2.33 bits per heavy atom. The number of nitrogens with one attached hydrogen (secondary N) is 1. The van der Waals surface area contributed by atoms with Crippen LogP contribution in [0.4, 0.5) is 0 Å². The van der Waals surface area contributed by atoms with E-state index in [1.54, 1.807) is 13.3 Å². The van der Waals surface area contributed by atoms with E-state index in [4.69, 9.17) is 4.74 Å². The molecule has 1 aromatic carbocycles. The molecular weight excluding hydrogens is 294 g/mol. The van der Waals surface area contributed by atoms with Crippen LogP contribution in [0.2, 0.25) is 0 Å². The van der Waals surface area contributed by atoms with Gasteiger partial charge in [0.1, 0.15) is 0 Å². The van der Waals surface area contributed by atoms with Gasteiger partial charge in [0.05, 0.1) is 12.3 Å². The van der Waals surface area contributed by atoms with Crippen molar-refractivity contribution in [2.45, 2.75) is 6.54 Å². The standard InChI is InChI=1S/C13H16BrN3O/c1-18-8-6-15-10-11-9-12(14)3-4-13(11)17-7-2-5-16-17/h2-5,7,9,15H,6,8,10H2,1H3. The lowest BCUT2D eigenvalue weighted by molar-refractivity contribution is 0.199. The van der Waals surface area contributed by atoms with Crippen LogP contribution in [0.3, 0.4) is 0 Å². The van der Waals surface area contributed by atoms with E-state index in [1.165, 1.54) is 5.56 Å². The van der Waals surface area contributed by atoms with Gasteiger partial charge < -0.3 is 10.1 Å². The topological polar surface area (TPSA) is 39.1 Å². The van der Waals surface area contributed by atoms with Gasteiger partial charge in [-0.1, -0.05) is 15.9 Å². The van der Waals surface area contributed by atoms with Crippen molar-refractivity contribution in [3.63, 3.8) is 0 Å². The van der Waals surface area contributed by atoms with Crippen molar-refractivity contribution >= 4 is 15.9 Å². The summed E-state index contributed by atoms with van der Waals surface area (Å²) in [5, 5.41) is 7.62. The third kappa shape index (κ3) is 3.41. The number of methoxy groups -OCH3 is 1. The predicted octanol–water partition coefficient (Wildman–Crippen LogP) is 2.37. The molecule has 4 nitrogen and oxygen atoms in total. The minimum absolute atomic E-state index is 0.713. The van der Waals surface area contributed by atoms with Gasteiger partial charge in [-0.25, -0.2) is 4.68 Å². The molecule has 1 heterocycles. The van der Waals surface area contributed by atoms with Crippen LogP contribution in [0.25, 0.3) is 5.69 Å².